The van der Waals surface area contributed by atoms with Gasteiger partial charge in [0.05, 0.1) is 25.6 Å². The first kappa shape index (κ1) is 15.4. The molecule has 1 aliphatic rings. The van der Waals surface area contributed by atoms with Crippen LogP contribution in [0.1, 0.15) is 43.7 Å². The molecule has 0 fully saturated rings. The molecule has 21 heavy (non-hydrogen) atoms. The van der Waals surface area contributed by atoms with E-state index in [0.717, 1.165) is 5.56 Å². The number of methoxy groups -OCH3 is 1. The predicted octanol–water partition coefficient (Wildman–Crippen LogP) is 2.48. The Balaban J connectivity index is 2.43. The van der Waals surface area contributed by atoms with Crippen molar-refractivity contribution in [2.24, 2.45) is 0 Å². The average molecular weight is 292 g/mol. The maximum absolute atomic E-state index is 11.6. The van der Waals surface area contributed by atoms with Crippen LogP contribution in [0, 0.1) is 0 Å². The van der Waals surface area contributed by atoms with Crippen LogP contribution in [0.4, 0.5) is 0 Å². The summed E-state index contributed by atoms with van der Waals surface area (Å²) in [6.07, 6.45) is 0.671. The fourth-order valence-corrected chi connectivity index (χ4v) is 2.70. The number of benzene rings is 1. The summed E-state index contributed by atoms with van der Waals surface area (Å²) >= 11 is 0. The Morgan fingerprint density at radius 1 is 1.48 bits per heavy atom. The zero-order valence-electron chi connectivity index (χ0n) is 12.5. The molecule has 114 valence electrons. The minimum atomic E-state index is -0.950. The Hall–Kier alpha value is -2.04. The van der Waals surface area contributed by atoms with Gasteiger partial charge in [0.15, 0.2) is 0 Å². The van der Waals surface area contributed by atoms with E-state index in [9.17, 15) is 14.7 Å². The third kappa shape index (κ3) is 2.73. The van der Waals surface area contributed by atoms with E-state index in [-0.39, 0.29) is 18.3 Å². The molecule has 1 aromatic carbocycles. The highest BCUT2D eigenvalue weighted by molar-refractivity contribution is 5.83. The summed E-state index contributed by atoms with van der Waals surface area (Å²) in [4.78, 5) is 23.1. The van der Waals surface area contributed by atoms with Crippen LogP contribution in [0.25, 0.3) is 0 Å². The Kier molecular flexibility index (Phi) is 4.21. The summed E-state index contributed by atoms with van der Waals surface area (Å²) in [6, 6.07) is 5.48. The lowest BCUT2D eigenvalue weighted by Gasteiger charge is -2.34. The van der Waals surface area contributed by atoms with E-state index in [1.54, 1.807) is 13.0 Å². The highest BCUT2D eigenvalue weighted by Gasteiger charge is 2.41. The van der Waals surface area contributed by atoms with E-state index in [1.807, 2.05) is 19.1 Å². The number of esters is 1. The Labute approximate surface area is 123 Å². The summed E-state index contributed by atoms with van der Waals surface area (Å²) < 4.78 is 10.4. The third-order valence-corrected chi connectivity index (χ3v) is 4.19. The monoisotopic (exact) mass is 292 g/mol. The number of hydrogen-bond acceptors (Lipinski definition) is 4. The SMILES string of the molecule is COC(=O)C[C@@H](C)c1cccc2c1OCC[C@]2(C)C(=O)O. The number of fused-ring (bicyclic) bond motifs is 1. The molecule has 5 heteroatoms. The van der Waals surface area contributed by atoms with Crippen LogP contribution in [0.15, 0.2) is 18.2 Å². The normalized spacial score (nSPS) is 21.9. The first-order valence-corrected chi connectivity index (χ1v) is 6.96. The quantitative estimate of drug-likeness (QED) is 0.863. The van der Waals surface area contributed by atoms with Crippen molar-refractivity contribution in [3.8, 4) is 5.75 Å². The van der Waals surface area contributed by atoms with E-state index in [2.05, 4.69) is 0 Å². The van der Waals surface area contributed by atoms with Gasteiger partial charge in [-0.3, -0.25) is 9.59 Å². The molecule has 2 atom stereocenters. The van der Waals surface area contributed by atoms with Crippen molar-refractivity contribution in [3.63, 3.8) is 0 Å². The fourth-order valence-electron chi connectivity index (χ4n) is 2.70. The van der Waals surface area contributed by atoms with Crippen molar-refractivity contribution in [1.82, 2.24) is 0 Å². The number of carboxylic acid groups (broad SMARTS) is 1. The Morgan fingerprint density at radius 2 is 2.19 bits per heavy atom. The lowest BCUT2D eigenvalue weighted by atomic mass is 9.76. The van der Waals surface area contributed by atoms with Gasteiger partial charge in [-0.15, -0.1) is 0 Å². The first-order chi connectivity index (χ1) is 9.90. The lowest BCUT2D eigenvalue weighted by molar-refractivity contribution is -0.144. The molecule has 0 aliphatic carbocycles. The summed E-state index contributed by atoms with van der Waals surface area (Å²) in [5.74, 6) is -0.643. The number of carbonyl (C=O) groups is 2. The van der Waals surface area contributed by atoms with Gasteiger partial charge in [0, 0.05) is 12.0 Å². The van der Waals surface area contributed by atoms with Crippen LogP contribution >= 0.6 is 0 Å². The fraction of sp³-hybridized carbons (Fsp3) is 0.500. The third-order valence-electron chi connectivity index (χ3n) is 4.19. The highest BCUT2D eigenvalue weighted by atomic mass is 16.5. The summed E-state index contributed by atoms with van der Waals surface area (Å²) in [5.41, 5.74) is 0.578. The molecule has 0 amide bonds. The number of carbonyl (C=O) groups excluding carboxylic acids is 1. The van der Waals surface area contributed by atoms with Crippen LogP contribution in [0.2, 0.25) is 0 Å². The molecular formula is C16H20O5. The number of carboxylic acids is 1. The molecule has 0 saturated heterocycles. The topological polar surface area (TPSA) is 72.8 Å². The van der Waals surface area contributed by atoms with E-state index in [4.69, 9.17) is 9.47 Å². The minimum absolute atomic E-state index is 0.0939. The molecule has 1 heterocycles. The van der Waals surface area contributed by atoms with Crippen molar-refractivity contribution >= 4 is 11.9 Å². The first-order valence-electron chi connectivity index (χ1n) is 6.96. The maximum Gasteiger partial charge on any atom is 0.314 e. The minimum Gasteiger partial charge on any atom is -0.493 e. The molecule has 0 bridgehead atoms. The second-order valence-electron chi connectivity index (χ2n) is 5.64. The molecule has 1 N–H and O–H groups in total. The summed E-state index contributed by atoms with van der Waals surface area (Å²) in [7, 11) is 1.35. The molecule has 2 rings (SSSR count). The van der Waals surface area contributed by atoms with Crippen molar-refractivity contribution in [3.05, 3.63) is 29.3 Å². The van der Waals surface area contributed by atoms with Crippen LogP contribution in [-0.4, -0.2) is 30.8 Å². The molecule has 0 aromatic heterocycles. The van der Waals surface area contributed by atoms with Crippen molar-refractivity contribution < 1.29 is 24.2 Å². The highest BCUT2D eigenvalue weighted by Crippen LogP contribution is 2.43. The number of rotatable bonds is 4. The molecule has 0 saturated carbocycles. The smallest absolute Gasteiger partial charge is 0.314 e. The van der Waals surface area contributed by atoms with E-state index < -0.39 is 11.4 Å². The van der Waals surface area contributed by atoms with Crippen molar-refractivity contribution in [1.29, 1.82) is 0 Å². The van der Waals surface area contributed by atoms with Crippen LogP contribution < -0.4 is 4.74 Å². The Morgan fingerprint density at radius 3 is 2.81 bits per heavy atom. The van der Waals surface area contributed by atoms with Crippen LogP contribution in [0.5, 0.6) is 5.75 Å². The van der Waals surface area contributed by atoms with E-state index >= 15 is 0 Å². The van der Waals surface area contributed by atoms with Gasteiger partial charge in [-0.1, -0.05) is 25.1 Å². The zero-order valence-corrected chi connectivity index (χ0v) is 12.5. The number of hydrogen-bond donors (Lipinski definition) is 1. The van der Waals surface area contributed by atoms with Gasteiger partial charge < -0.3 is 14.6 Å². The maximum atomic E-state index is 11.6. The summed E-state index contributed by atoms with van der Waals surface area (Å²) in [5, 5.41) is 9.53. The largest absolute Gasteiger partial charge is 0.493 e. The van der Waals surface area contributed by atoms with Gasteiger partial charge in [0.2, 0.25) is 0 Å². The molecule has 0 spiro atoms. The van der Waals surface area contributed by atoms with E-state index in [1.165, 1.54) is 7.11 Å². The van der Waals surface area contributed by atoms with Gasteiger partial charge in [-0.25, -0.2) is 0 Å². The van der Waals surface area contributed by atoms with Crippen LogP contribution in [-0.2, 0) is 19.7 Å². The molecular weight excluding hydrogens is 272 g/mol. The lowest BCUT2D eigenvalue weighted by Crippen LogP contribution is -2.38. The molecule has 5 nitrogen and oxygen atoms in total. The van der Waals surface area contributed by atoms with Crippen LogP contribution in [0.3, 0.4) is 0 Å². The van der Waals surface area contributed by atoms with Gasteiger partial charge in [-0.2, -0.15) is 0 Å². The standard InChI is InChI=1S/C16H20O5/c1-10(9-13(17)20-3)11-5-4-6-12-14(11)21-8-7-16(12,2)15(18)19/h4-6,10H,7-9H2,1-3H3,(H,18,19)/t10-,16+/m1/s1. The van der Waals surface area contributed by atoms with E-state index in [0.29, 0.717) is 24.3 Å². The molecule has 0 radical (unpaired) electrons. The number of para-hydroxylation sites is 1. The van der Waals surface area contributed by atoms with Gasteiger partial charge in [-0.05, 0) is 18.4 Å². The second kappa shape index (κ2) is 5.76. The van der Waals surface area contributed by atoms with Gasteiger partial charge in [0.1, 0.15) is 5.75 Å². The van der Waals surface area contributed by atoms with Crippen molar-refractivity contribution in [2.45, 2.75) is 38.0 Å². The van der Waals surface area contributed by atoms with Crippen molar-refractivity contribution in [2.75, 3.05) is 13.7 Å². The summed E-state index contributed by atoms with van der Waals surface area (Å²) in [6.45, 7) is 3.98. The average Bonchev–Trinajstić information content (AvgIpc) is 2.46. The second-order valence-corrected chi connectivity index (χ2v) is 5.64. The number of ether oxygens (including phenoxy) is 2. The predicted molar refractivity (Wildman–Crippen MR) is 76.6 cm³/mol. The molecule has 0 unspecified atom stereocenters. The molecule has 1 aliphatic heterocycles. The van der Waals surface area contributed by atoms with Gasteiger partial charge >= 0.3 is 11.9 Å². The zero-order chi connectivity index (χ0) is 15.6. The Bertz CT molecular complexity index is 566. The number of aliphatic carboxylic acids is 1. The molecule has 1 aromatic rings. The van der Waals surface area contributed by atoms with Gasteiger partial charge in [0.25, 0.3) is 0 Å².